The van der Waals surface area contributed by atoms with Gasteiger partial charge >= 0.3 is 0 Å². The van der Waals surface area contributed by atoms with Crippen molar-refractivity contribution >= 4 is 22.6 Å². The van der Waals surface area contributed by atoms with E-state index in [1.54, 1.807) is 14.2 Å². The molecule has 0 atom stereocenters. The van der Waals surface area contributed by atoms with Crippen molar-refractivity contribution in [2.75, 3.05) is 33.9 Å². The SMILES string of the molecule is COCCCC(=O)c1ccc2nn(CC3CCN(C(=O)c4ccc(Oc5ccc(OC)cc5)cc4)CC3)cc2c1C. The number of likely N-dealkylation sites (tertiary alicyclic amines) is 1. The van der Waals surface area contributed by atoms with Gasteiger partial charge in [-0.1, -0.05) is 0 Å². The van der Waals surface area contributed by atoms with Gasteiger partial charge in [-0.25, -0.2) is 0 Å². The monoisotopic (exact) mass is 555 g/mol. The molecule has 5 rings (SSSR count). The van der Waals surface area contributed by atoms with E-state index >= 15 is 0 Å². The first-order chi connectivity index (χ1) is 19.9. The first kappa shape index (κ1) is 28.4. The van der Waals surface area contributed by atoms with E-state index < -0.39 is 0 Å². The summed E-state index contributed by atoms with van der Waals surface area (Å²) in [5.41, 5.74) is 3.31. The minimum atomic E-state index is 0.0441. The summed E-state index contributed by atoms with van der Waals surface area (Å²) in [4.78, 5) is 27.8. The fraction of sp³-hybridized carbons (Fsp3) is 0.364. The van der Waals surface area contributed by atoms with Gasteiger partial charge in [0.1, 0.15) is 17.2 Å². The maximum absolute atomic E-state index is 13.1. The van der Waals surface area contributed by atoms with Crippen LogP contribution in [-0.2, 0) is 11.3 Å². The Hall–Kier alpha value is -4.17. The van der Waals surface area contributed by atoms with Crippen LogP contribution in [0.1, 0.15) is 52.0 Å². The Bertz CT molecular complexity index is 1490. The third-order valence-electron chi connectivity index (χ3n) is 7.80. The van der Waals surface area contributed by atoms with Gasteiger partial charge in [0, 0.05) is 62.5 Å². The maximum atomic E-state index is 13.1. The van der Waals surface area contributed by atoms with Gasteiger partial charge in [0.2, 0.25) is 0 Å². The standard InChI is InChI=1S/C33H37N3O5/c1-23-29(32(37)5-4-20-39-2)14-15-31-30(23)22-36(34-31)21-24-16-18-35(19-17-24)33(38)25-6-8-27(9-7-25)41-28-12-10-26(40-3)11-13-28/h6-15,22,24H,4-5,16-21H2,1-3H3. The molecule has 0 saturated carbocycles. The van der Waals surface area contributed by atoms with Gasteiger partial charge in [-0.15, -0.1) is 0 Å². The quantitative estimate of drug-likeness (QED) is 0.159. The molecule has 8 nitrogen and oxygen atoms in total. The molecule has 2 heterocycles. The van der Waals surface area contributed by atoms with Crippen LogP contribution in [0.25, 0.3) is 10.9 Å². The smallest absolute Gasteiger partial charge is 0.253 e. The van der Waals surface area contributed by atoms with Gasteiger partial charge in [-0.3, -0.25) is 14.3 Å². The van der Waals surface area contributed by atoms with Gasteiger partial charge < -0.3 is 19.1 Å². The molecule has 1 aliphatic heterocycles. The Kier molecular flexibility index (Phi) is 8.99. The lowest BCUT2D eigenvalue weighted by Gasteiger charge is -2.32. The molecule has 1 saturated heterocycles. The Morgan fingerprint density at radius 1 is 0.902 bits per heavy atom. The summed E-state index contributed by atoms with van der Waals surface area (Å²) >= 11 is 0. The summed E-state index contributed by atoms with van der Waals surface area (Å²) in [7, 11) is 3.28. The number of rotatable bonds is 11. The number of benzene rings is 3. The van der Waals surface area contributed by atoms with Crippen LogP contribution in [0.5, 0.6) is 17.2 Å². The van der Waals surface area contributed by atoms with E-state index in [1.807, 2.05) is 77.2 Å². The van der Waals surface area contributed by atoms with Crippen molar-refractivity contribution in [1.82, 2.24) is 14.7 Å². The highest BCUT2D eigenvalue weighted by Gasteiger charge is 2.24. The fourth-order valence-corrected chi connectivity index (χ4v) is 5.40. The van der Waals surface area contributed by atoms with Gasteiger partial charge in [0.15, 0.2) is 5.78 Å². The van der Waals surface area contributed by atoms with E-state index in [-0.39, 0.29) is 11.7 Å². The predicted molar refractivity (Wildman–Crippen MR) is 158 cm³/mol. The number of amides is 1. The third kappa shape index (κ3) is 6.77. The van der Waals surface area contributed by atoms with E-state index in [0.29, 0.717) is 49.1 Å². The molecule has 1 amide bonds. The number of hydrogen-bond acceptors (Lipinski definition) is 6. The van der Waals surface area contributed by atoms with Crippen molar-refractivity contribution in [3.05, 3.63) is 83.6 Å². The number of hydrogen-bond donors (Lipinski definition) is 0. The largest absolute Gasteiger partial charge is 0.497 e. The Balaban J connectivity index is 1.14. The van der Waals surface area contributed by atoms with E-state index in [9.17, 15) is 9.59 Å². The molecular formula is C33H37N3O5. The number of fused-ring (bicyclic) bond motifs is 1. The number of piperidine rings is 1. The van der Waals surface area contributed by atoms with Crippen LogP contribution >= 0.6 is 0 Å². The number of aryl methyl sites for hydroxylation is 1. The van der Waals surface area contributed by atoms with E-state index in [0.717, 1.165) is 53.6 Å². The lowest BCUT2D eigenvalue weighted by atomic mass is 9.96. The van der Waals surface area contributed by atoms with Gasteiger partial charge in [-0.05, 0) is 98.3 Å². The van der Waals surface area contributed by atoms with Crippen LogP contribution in [0.15, 0.2) is 66.9 Å². The highest BCUT2D eigenvalue weighted by atomic mass is 16.5. The number of ether oxygens (including phenoxy) is 3. The Labute approximate surface area is 240 Å². The van der Waals surface area contributed by atoms with Crippen molar-refractivity contribution in [1.29, 1.82) is 0 Å². The number of carbonyl (C=O) groups is 2. The van der Waals surface area contributed by atoms with Crippen molar-refractivity contribution in [2.24, 2.45) is 5.92 Å². The predicted octanol–water partition coefficient (Wildman–Crippen LogP) is 6.31. The Morgan fingerprint density at radius 2 is 1.56 bits per heavy atom. The molecule has 214 valence electrons. The summed E-state index contributed by atoms with van der Waals surface area (Å²) in [6, 6.07) is 18.5. The highest BCUT2D eigenvalue weighted by molar-refractivity contribution is 6.01. The van der Waals surface area contributed by atoms with Crippen molar-refractivity contribution < 1.29 is 23.8 Å². The molecule has 1 aliphatic rings. The summed E-state index contributed by atoms with van der Waals surface area (Å²) in [6.07, 6.45) is 5.10. The van der Waals surface area contributed by atoms with Gasteiger partial charge in [0.05, 0.1) is 12.6 Å². The van der Waals surface area contributed by atoms with Crippen LogP contribution in [0.3, 0.4) is 0 Å². The molecule has 0 N–H and O–H groups in total. The second-order valence-electron chi connectivity index (χ2n) is 10.6. The minimum absolute atomic E-state index is 0.0441. The maximum Gasteiger partial charge on any atom is 0.253 e. The van der Waals surface area contributed by atoms with Crippen LogP contribution < -0.4 is 9.47 Å². The Morgan fingerprint density at radius 3 is 2.22 bits per heavy atom. The van der Waals surface area contributed by atoms with Crippen molar-refractivity contribution in [3.63, 3.8) is 0 Å². The molecule has 0 spiro atoms. The molecular weight excluding hydrogens is 518 g/mol. The molecule has 41 heavy (non-hydrogen) atoms. The number of carbonyl (C=O) groups excluding carboxylic acids is 2. The summed E-state index contributed by atoms with van der Waals surface area (Å²) < 4.78 is 18.1. The number of nitrogens with zero attached hydrogens (tertiary/aromatic N) is 3. The summed E-state index contributed by atoms with van der Waals surface area (Å²) in [6.45, 7) is 4.81. The highest BCUT2D eigenvalue weighted by Crippen LogP contribution is 2.27. The molecule has 0 bridgehead atoms. The molecule has 0 aliphatic carbocycles. The zero-order valence-corrected chi connectivity index (χ0v) is 24.0. The van der Waals surface area contributed by atoms with Gasteiger partial charge in [0.25, 0.3) is 5.91 Å². The zero-order valence-electron chi connectivity index (χ0n) is 24.0. The molecule has 0 radical (unpaired) electrons. The van der Waals surface area contributed by atoms with E-state index in [1.165, 1.54) is 0 Å². The lowest BCUT2D eigenvalue weighted by molar-refractivity contribution is 0.0681. The number of aromatic nitrogens is 2. The van der Waals surface area contributed by atoms with Gasteiger partial charge in [-0.2, -0.15) is 5.10 Å². The fourth-order valence-electron chi connectivity index (χ4n) is 5.40. The number of ketones is 1. The van der Waals surface area contributed by atoms with E-state index in [2.05, 4.69) is 6.20 Å². The summed E-state index contributed by atoms with van der Waals surface area (Å²) in [5, 5.41) is 5.80. The normalized spacial score (nSPS) is 13.9. The third-order valence-corrected chi connectivity index (χ3v) is 7.80. The number of Topliss-reactive ketones (excluding diaryl/α,β-unsaturated/α-hetero) is 1. The van der Waals surface area contributed by atoms with E-state index in [4.69, 9.17) is 19.3 Å². The second kappa shape index (κ2) is 13.0. The average Bonchev–Trinajstić information content (AvgIpc) is 3.42. The van der Waals surface area contributed by atoms with Crippen LogP contribution in [0, 0.1) is 12.8 Å². The first-order valence-electron chi connectivity index (χ1n) is 14.2. The molecule has 1 aromatic heterocycles. The molecule has 3 aromatic carbocycles. The zero-order chi connectivity index (χ0) is 28.8. The minimum Gasteiger partial charge on any atom is -0.497 e. The molecule has 1 fully saturated rings. The first-order valence-corrected chi connectivity index (χ1v) is 14.2. The second-order valence-corrected chi connectivity index (χ2v) is 10.6. The van der Waals surface area contributed by atoms with Crippen molar-refractivity contribution in [2.45, 2.75) is 39.2 Å². The lowest BCUT2D eigenvalue weighted by Crippen LogP contribution is -2.39. The van der Waals surface area contributed by atoms with Crippen LogP contribution in [0.4, 0.5) is 0 Å². The molecule has 4 aromatic rings. The molecule has 8 heteroatoms. The van der Waals surface area contributed by atoms with Crippen molar-refractivity contribution in [3.8, 4) is 17.2 Å². The molecule has 0 unspecified atom stereocenters. The van der Waals surface area contributed by atoms with Crippen LogP contribution in [0.2, 0.25) is 0 Å². The number of methoxy groups -OCH3 is 2. The average molecular weight is 556 g/mol. The van der Waals surface area contributed by atoms with Crippen LogP contribution in [-0.4, -0.2) is 60.3 Å². The summed E-state index contributed by atoms with van der Waals surface area (Å²) in [5.74, 6) is 2.78. The topological polar surface area (TPSA) is 82.9 Å².